The summed E-state index contributed by atoms with van der Waals surface area (Å²) in [6.45, 7) is 0. The molecule has 0 aliphatic heterocycles. The van der Waals surface area contributed by atoms with Crippen LogP contribution in [-0.2, 0) is 14.6 Å². The van der Waals surface area contributed by atoms with Gasteiger partial charge in [-0.15, -0.1) is 5.04 Å². The molecule has 0 amide bonds. The summed E-state index contributed by atoms with van der Waals surface area (Å²) in [5.41, 5.74) is 0. The van der Waals surface area contributed by atoms with E-state index in [2.05, 4.69) is 30.7 Å². The smallest absolute Gasteiger partial charge is 0.290 e. The van der Waals surface area contributed by atoms with Crippen LogP contribution in [0.3, 0.4) is 0 Å². The normalized spacial score (nSPS) is 8.00. The molecule has 0 aliphatic carbocycles. The summed E-state index contributed by atoms with van der Waals surface area (Å²) in [5.74, 6) is 0. The summed E-state index contributed by atoms with van der Waals surface area (Å²) in [6, 6.07) is 0. The summed E-state index contributed by atoms with van der Waals surface area (Å²) >= 11 is 0. The van der Waals surface area contributed by atoms with E-state index in [-0.39, 0.29) is 0 Å². The van der Waals surface area contributed by atoms with Crippen molar-refractivity contribution in [3.63, 3.8) is 0 Å². The Labute approximate surface area is 31.9 Å². The lowest BCUT2D eigenvalue weighted by Crippen LogP contribution is -1.86. The molecule has 0 atom stereocenters. The number of hydrogen-bond acceptors (Lipinski definition) is 3. The van der Waals surface area contributed by atoms with Gasteiger partial charge in [-0.3, -0.25) is 9.61 Å². The Morgan fingerprint density at radius 2 is 1.40 bits per heavy atom. The van der Waals surface area contributed by atoms with E-state index in [1.807, 2.05) is 0 Å². The summed E-state index contributed by atoms with van der Waals surface area (Å²) < 4.78 is 0. The monoisotopic (exact) mass is 70.0 g/mol. The summed E-state index contributed by atoms with van der Waals surface area (Å²) in [6.07, 6.45) is 0. The third kappa shape index (κ3) is 4.01. The quantitative estimate of drug-likeness (QED) is 0.237. The molecule has 3 nitrogen and oxygen atoms in total. The van der Waals surface area contributed by atoms with Gasteiger partial charge in [0.1, 0.15) is 0 Å². The van der Waals surface area contributed by atoms with Gasteiger partial charge in [0.05, 0.1) is 0 Å². The average molecular weight is 69.6 g/mol. The molecule has 0 aromatic carbocycles. The van der Waals surface area contributed by atoms with E-state index in [1.165, 1.54) is 0 Å². The van der Waals surface area contributed by atoms with Crippen LogP contribution in [0.4, 0.5) is 0 Å². The highest BCUT2D eigenvalue weighted by Crippen LogP contribution is 1.62. The van der Waals surface area contributed by atoms with Crippen molar-refractivity contribution in [3.8, 4) is 0 Å². The minimum absolute atomic E-state index is 3.34. The Morgan fingerprint density at radius 1 is 1.00 bits per heavy atom. The minimum atomic E-state index is 3.34. The molecule has 4 radical (unpaired) electrons. The maximum Gasteiger partial charge on any atom is 0.342 e. The molecular formula is B2O3. The third-order valence-electron chi connectivity index (χ3n) is 0.0786. The lowest BCUT2D eigenvalue weighted by Gasteiger charge is -1.87. The first kappa shape index (κ1) is 5.01. The van der Waals surface area contributed by atoms with Crippen LogP contribution in [0.1, 0.15) is 0 Å². The fraction of sp³-hybridized carbons (Fsp3) is 0. The molecule has 0 aromatic rings. The topological polar surface area (TPSA) is 27.7 Å². The average Bonchev–Trinajstić information content (AvgIpc) is 1.41. The van der Waals surface area contributed by atoms with Crippen LogP contribution in [0.25, 0.3) is 0 Å². The van der Waals surface area contributed by atoms with E-state index in [1.54, 1.807) is 0 Å². The molecule has 0 spiro atoms. The Hall–Kier alpha value is 0.00987. The van der Waals surface area contributed by atoms with Crippen LogP contribution in [-0.4, -0.2) is 16.1 Å². The highest BCUT2D eigenvalue weighted by Gasteiger charge is 1.64. The molecule has 0 fully saturated rings. The fourth-order valence-electron chi connectivity index (χ4n) is 0.0227. The van der Waals surface area contributed by atoms with Crippen molar-refractivity contribution in [3.05, 3.63) is 0 Å². The molecule has 0 N–H and O–H groups in total. The van der Waals surface area contributed by atoms with Gasteiger partial charge in [-0.25, -0.2) is 0 Å². The van der Waals surface area contributed by atoms with Crippen molar-refractivity contribution in [1.82, 2.24) is 0 Å². The second-order valence-electron chi connectivity index (χ2n) is 0.260. The van der Waals surface area contributed by atoms with Gasteiger partial charge >= 0.3 is 16.1 Å². The first-order valence-corrected chi connectivity index (χ1v) is 0.805. The molecule has 5 heavy (non-hydrogen) atoms. The molecule has 0 saturated carbocycles. The van der Waals surface area contributed by atoms with Crippen LogP contribution in [0.5, 0.6) is 0 Å². The summed E-state index contributed by atoms with van der Waals surface area (Å²) in [5, 5.41) is 3.39. The van der Waals surface area contributed by atoms with E-state index >= 15 is 0 Å². The number of rotatable bonds is 2. The van der Waals surface area contributed by atoms with Crippen LogP contribution in [0.2, 0.25) is 0 Å². The molecule has 0 aromatic heterocycles. The molecule has 0 heterocycles. The zero-order valence-corrected chi connectivity index (χ0v) is 2.38. The van der Waals surface area contributed by atoms with Crippen molar-refractivity contribution < 1.29 is 14.6 Å². The Bertz CT molecular complexity index is 12.4. The van der Waals surface area contributed by atoms with Crippen LogP contribution >= 0.6 is 0 Å². The maximum atomic E-state index is 4.21. The molecule has 24 valence electrons. The van der Waals surface area contributed by atoms with Crippen LogP contribution < -0.4 is 0 Å². The third-order valence-corrected chi connectivity index (χ3v) is 0.0786. The van der Waals surface area contributed by atoms with Crippen molar-refractivity contribution in [2.24, 2.45) is 0 Å². The molecule has 5 heteroatoms. The van der Waals surface area contributed by atoms with Gasteiger partial charge in [0.2, 0.25) is 0 Å². The van der Waals surface area contributed by atoms with Crippen molar-refractivity contribution in [2.45, 2.75) is 0 Å². The van der Waals surface area contributed by atoms with E-state index in [9.17, 15) is 0 Å². The predicted octanol–water partition coefficient (Wildman–Crippen LogP) is -0.967. The SMILES string of the molecule is [B]OOO[B]. The van der Waals surface area contributed by atoms with E-state index in [4.69, 9.17) is 0 Å². The Kier molecular flexibility index (Phi) is 4.02. The van der Waals surface area contributed by atoms with Crippen molar-refractivity contribution in [2.75, 3.05) is 0 Å². The second-order valence-corrected chi connectivity index (χ2v) is 0.260. The first-order chi connectivity index (χ1) is 2.41. The fourth-order valence-corrected chi connectivity index (χ4v) is 0.0227. The van der Waals surface area contributed by atoms with Crippen LogP contribution in [0, 0.1) is 0 Å². The maximum absolute atomic E-state index is 4.21. The van der Waals surface area contributed by atoms with Gasteiger partial charge in [0, 0.05) is 0 Å². The Balaban J connectivity index is 2.19. The molecule has 0 saturated heterocycles. The standard InChI is InChI=1S/B2O3/c1-3-5-4-2. The zero-order chi connectivity index (χ0) is 4.12. The summed E-state index contributed by atoms with van der Waals surface area (Å²) in [7, 11) is 8.42. The van der Waals surface area contributed by atoms with E-state index in [0.717, 1.165) is 0 Å². The van der Waals surface area contributed by atoms with Crippen molar-refractivity contribution >= 4 is 16.1 Å². The second kappa shape index (κ2) is 4.01. The molecule has 0 aliphatic rings. The highest BCUT2D eigenvalue weighted by atomic mass is 17.5. The van der Waals surface area contributed by atoms with E-state index in [0.29, 0.717) is 0 Å². The Morgan fingerprint density at radius 3 is 1.40 bits per heavy atom. The van der Waals surface area contributed by atoms with Crippen molar-refractivity contribution in [1.29, 1.82) is 0 Å². The zero-order valence-electron chi connectivity index (χ0n) is 2.38. The lowest BCUT2D eigenvalue weighted by atomic mass is 10.6. The molecule has 0 bridgehead atoms. The van der Waals surface area contributed by atoms with Gasteiger partial charge in [-0.05, 0) is 0 Å². The van der Waals surface area contributed by atoms with Gasteiger partial charge in [0.15, 0.2) is 0 Å². The van der Waals surface area contributed by atoms with Gasteiger partial charge in [-0.1, -0.05) is 0 Å². The minimum Gasteiger partial charge on any atom is -0.290 e. The summed E-state index contributed by atoms with van der Waals surface area (Å²) in [4.78, 5) is 6.69. The molecular weight excluding hydrogens is 69.6 g/mol. The van der Waals surface area contributed by atoms with Crippen LogP contribution in [0.15, 0.2) is 0 Å². The highest BCUT2D eigenvalue weighted by molar-refractivity contribution is 5.98. The molecule has 0 rings (SSSR count). The largest absolute Gasteiger partial charge is 0.342 e. The number of hydrogen-bond donors (Lipinski definition) is 0. The van der Waals surface area contributed by atoms with Gasteiger partial charge in [-0.2, -0.15) is 0 Å². The predicted molar refractivity (Wildman–Crippen MR) is 14.8 cm³/mol. The first-order valence-electron chi connectivity index (χ1n) is 0.805. The van der Waals surface area contributed by atoms with Gasteiger partial charge < -0.3 is 0 Å². The van der Waals surface area contributed by atoms with E-state index < -0.39 is 0 Å². The van der Waals surface area contributed by atoms with Gasteiger partial charge in [0.25, 0.3) is 0 Å². The molecule has 0 unspecified atom stereocenters. The lowest BCUT2D eigenvalue weighted by molar-refractivity contribution is -0.412.